The summed E-state index contributed by atoms with van der Waals surface area (Å²) in [6.07, 6.45) is -0.925. The number of rotatable bonds is 6. The summed E-state index contributed by atoms with van der Waals surface area (Å²) in [5, 5.41) is 8.14. The molecule has 0 spiro atoms. The Kier molecular flexibility index (Phi) is 6.18. The van der Waals surface area contributed by atoms with E-state index in [1.165, 1.54) is 6.92 Å². The molecule has 0 heterocycles. The number of halogens is 1. The molecule has 2 atom stereocenters. The Labute approximate surface area is 83.7 Å². The fourth-order valence-electron chi connectivity index (χ4n) is 0.804. The topological polar surface area (TPSA) is 55.8 Å². The zero-order valence-electron chi connectivity index (χ0n) is 8.07. The first-order valence-corrected chi connectivity index (χ1v) is 6.23. The van der Waals surface area contributed by atoms with E-state index in [0.29, 0.717) is 0 Å². The SMILES string of the molecule is CCOP(=O)(OCC)C(Cl)C(C)O. The van der Waals surface area contributed by atoms with Gasteiger partial charge in [0.1, 0.15) is 0 Å². The molecule has 1 N–H and O–H groups in total. The van der Waals surface area contributed by atoms with Gasteiger partial charge in [0.25, 0.3) is 0 Å². The minimum Gasteiger partial charge on any atom is -0.391 e. The molecule has 0 amide bonds. The maximum absolute atomic E-state index is 11.8. The van der Waals surface area contributed by atoms with E-state index in [-0.39, 0.29) is 13.2 Å². The average molecular weight is 231 g/mol. The Hall–Kier alpha value is 0.400. The molecule has 0 aliphatic carbocycles. The highest BCUT2D eigenvalue weighted by Gasteiger charge is 2.37. The monoisotopic (exact) mass is 230 g/mol. The molecule has 0 aromatic carbocycles. The molecule has 0 saturated heterocycles. The maximum Gasteiger partial charge on any atom is 0.351 e. The van der Waals surface area contributed by atoms with Crippen LogP contribution >= 0.6 is 19.2 Å². The summed E-state index contributed by atoms with van der Waals surface area (Å²) < 4.78 is 21.7. The number of hydrogen-bond acceptors (Lipinski definition) is 4. The van der Waals surface area contributed by atoms with Crippen molar-refractivity contribution >= 4 is 19.2 Å². The van der Waals surface area contributed by atoms with Crippen LogP contribution < -0.4 is 0 Å². The third kappa shape index (κ3) is 3.96. The molecule has 13 heavy (non-hydrogen) atoms. The van der Waals surface area contributed by atoms with Gasteiger partial charge in [0.15, 0.2) is 5.12 Å². The zero-order chi connectivity index (χ0) is 10.5. The van der Waals surface area contributed by atoms with E-state index in [9.17, 15) is 4.57 Å². The van der Waals surface area contributed by atoms with Crippen LogP contribution in [-0.4, -0.2) is 29.5 Å². The Bertz CT molecular complexity index is 175. The smallest absolute Gasteiger partial charge is 0.351 e. The van der Waals surface area contributed by atoms with Gasteiger partial charge in [-0.05, 0) is 20.8 Å². The molecule has 0 aliphatic rings. The summed E-state index contributed by atoms with van der Waals surface area (Å²) in [6, 6.07) is 0. The van der Waals surface area contributed by atoms with Gasteiger partial charge in [-0.15, -0.1) is 11.6 Å². The first-order chi connectivity index (χ1) is 5.98. The second-order valence-electron chi connectivity index (χ2n) is 2.49. The highest BCUT2D eigenvalue weighted by molar-refractivity contribution is 7.56. The van der Waals surface area contributed by atoms with Crippen molar-refractivity contribution in [3.05, 3.63) is 0 Å². The molecular weight excluding hydrogens is 214 g/mol. The van der Waals surface area contributed by atoms with Crippen molar-refractivity contribution in [3.8, 4) is 0 Å². The van der Waals surface area contributed by atoms with Crippen molar-refractivity contribution in [1.29, 1.82) is 0 Å². The van der Waals surface area contributed by atoms with Gasteiger partial charge in [-0.1, -0.05) is 0 Å². The predicted octanol–water partition coefficient (Wildman–Crippen LogP) is 2.20. The molecule has 0 bridgehead atoms. The second-order valence-corrected chi connectivity index (χ2v) is 5.42. The van der Waals surface area contributed by atoms with E-state index in [1.807, 2.05) is 0 Å². The molecule has 0 rings (SSSR count). The van der Waals surface area contributed by atoms with E-state index in [0.717, 1.165) is 0 Å². The van der Waals surface area contributed by atoms with Crippen LogP contribution in [0.3, 0.4) is 0 Å². The average Bonchev–Trinajstić information content (AvgIpc) is 2.03. The predicted molar refractivity (Wildman–Crippen MR) is 52.2 cm³/mol. The molecule has 2 unspecified atom stereocenters. The van der Waals surface area contributed by atoms with Gasteiger partial charge < -0.3 is 14.2 Å². The number of hydrogen-bond donors (Lipinski definition) is 1. The van der Waals surface area contributed by atoms with Crippen molar-refractivity contribution in [1.82, 2.24) is 0 Å². The maximum atomic E-state index is 11.8. The van der Waals surface area contributed by atoms with Gasteiger partial charge in [-0.2, -0.15) is 0 Å². The second kappa shape index (κ2) is 5.99. The van der Waals surface area contributed by atoms with Crippen LogP contribution in [0.1, 0.15) is 20.8 Å². The van der Waals surface area contributed by atoms with Crippen LogP contribution in [0.5, 0.6) is 0 Å². The summed E-state index contributed by atoms with van der Waals surface area (Å²) in [5.74, 6) is 0. The van der Waals surface area contributed by atoms with Crippen molar-refractivity contribution in [3.63, 3.8) is 0 Å². The van der Waals surface area contributed by atoms with E-state index < -0.39 is 18.8 Å². The van der Waals surface area contributed by atoms with E-state index in [1.54, 1.807) is 13.8 Å². The first-order valence-electron chi connectivity index (χ1n) is 4.18. The summed E-state index contributed by atoms with van der Waals surface area (Å²) in [5.41, 5.74) is 0. The molecule has 80 valence electrons. The van der Waals surface area contributed by atoms with Gasteiger partial charge in [0, 0.05) is 0 Å². The lowest BCUT2D eigenvalue weighted by molar-refractivity contribution is 0.171. The van der Waals surface area contributed by atoms with Crippen molar-refractivity contribution in [2.75, 3.05) is 13.2 Å². The zero-order valence-corrected chi connectivity index (χ0v) is 9.72. The van der Waals surface area contributed by atoms with Crippen LogP contribution in [0, 0.1) is 0 Å². The molecule has 0 aromatic heterocycles. The third-order valence-electron chi connectivity index (χ3n) is 1.32. The minimum absolute atomic E-state index is 0.243. The van der Waals surface area contributed by atoms with E-state index >= 15 is 0 Å². The summed E-state index contributed by atoms with van der Waals surface area (Å²) >= 11 is 5.72. The molecule has 0 fully saturated rings. The van der Waals surface area contributed by atoms with Crippen LogP contribution in [-0.2, 0) is 13.6 Å². The lowest BCUT2D eigenvalue weighted by Crippen LogP contribution is -2.19. The van der Waals surface area contributed by atoms with Gasteiger partial charge in [0.2, 0.25) is 0 Å². The molecule has 6 heteroatoms. The lowest BCUT2D eigenvalue weighted by Gasteiger charge is -2.23. The Morgan fingerprint density at radius 1 is 1.38 bits per heavy atom. The largest absolute Gasteiger partial charge is 0.391 e. The van der Waals surface area contributed by atoms with E-state index in [2.05, 4.69) is 0 Å². The Morgan fingerprint density at radius 2 is 1.77 bits per heavy atom. The molecule has 0 saturated carbocycles. The highest BCUT2D eigenvalue weighted by Crippen LogP contribution is 2.55. The number of alkyl halides is 1. The molecule has 0 aliphatic heterocycles. The van der Waals surface area contributed by atoms with Gasteiger partial charge in [-0.3, -0.25) is 4.57 Å². The fourth-order valence-corrected chi connectivity index (χ4v) is 2.75. The van der Waals surface area contributed by atoms with Crippen LogP contribution in [0.15, 0.2) is 0 Å². The van der Waals surface area contributed by atoms with Crippen LogP contribution in [0.4, 0.5) is 0 Å². The van der Waals surface area contributed by atoms with Gasteiger partial charge in [-0.25, -0.2) is 0 Å². The quantitative estimate of drug-likeness (QED) is 0.561. The van der Waals surface area contributed by atoms with Crippen LogP contribution in [0.2, 0.25) is 0 Å². The minimum atomic E-state index is -3.35. The van der Waals surface area contributed by atoms with Crippen molar-refractivity contribution in [2.24, 2.45) is 0 Å². The lowest BCUT2D eigenvalue weighted by atomic mass is 10.5. The number of aliphatic hydroxyl groups excluding tert-OH is 1. The molecular formula is C7H16ClO4P. The Morgan fingerprint density at radius 3 is 2.00 bits per heavy atom. The van der Waals surface area contributed by atoms with Crippen molar-refractivity contribution in [2.45, 2.75) is 32.0 Å². The van der Waals surface area contributed by atoms with E-state index in [4.69, 9.17) is 25.8 Å². The van der Waals surface area contributed by atoms with Gasteiger partial charge in [0.05, 0.1) is 19.3 Å². The third-order valence-corrected chi connectivity index (χ3v) is 4.67. The van der Waals surface area contributed by atoms with Gasteiger partial charge >= 0.3 is 7.60 Å². The standard InChI is InChI=1S/C7H16ClO4P/c1-4-11-13(10,12-5-2)7(8)6(3)9/h6-7,9H,4-5H2,1-3H3. The first kappa shape index (κ1) is 13.4. The summed E-state index contributed by atoms with van der Waals surface area (Å²) in [4.78, 5) is 0. The summed E-state index contributed by atoms with van der Waals surface area (Å²) in [7, 11) is -3.35. The number of aliphatic hydroxyl groups is 1. The normalized spacial score (nSPS) is 17.0. The molecule has 4 nitrogen and oxygen atoms in total. The van der Waals surface area contributed by atoms with Crippen molar-refractivity contribution < 1.29 is 18.7 Å². The summed E-state index contributed by atoms with van der Waals surface area (Å²) in [6.45, 7) is 5.32. The fraction of sp³-hybridized carbons (Fsp3) is 1.00. The van der Waals surface area contributed by atoms with Crippen LogP contribution in [0.25, 0.3) is 0 Å². The molecule has 0 aromatic rings. The Balaban J connectivity index is 4.47. The molecule has 0 radical (unpaired) electrons. The highest BCUT2D eigenvalue weighted by atomic mass is 35.5.